The van der Waals surface area contributed by atoms with Crippen LogP contribution in [0.15, 0.2) is 65.6 Å². The number of sulfonamides is 1. The van der Waals surface area contributed by atoms with E-state index in [1.54, 1.807) is 36.4 Å². The third-order valence-corrected chi connectivity index (χ3v) is 8.38. The number of amides is 2. The molecule has 1 atom stereocenters. The first-order valence-electron chi connectivity index (χ1n) is 13.5. The lowest BCUT2D eigenvalue weighted by molar-refractivity contribution is 0.175. The summed E-state index contributed by atoms with van der Waals surface area (Å²) in [7, 11) is -3.81. The molecule has 0 radical (unpaired) electrons. The summed E-state index contributed by atoms with van der Waals surface area (Å²) in [6.45, 7) is 3.62. The van der Waals surface area contributed by atoms with Crippen LogP contribution in [0, 0.1) is 0 Å². The summed E-state index contributed by atoms with van der Waals surface area (Å²) in [6, 6.07) is 15.9. The zero-order valence-corrected chi connectivity index (χ0v) is 25.2. The van der Waals surface area contributed by atoms with Crippen LogP contribution in [0.25, 0.3) is 0 Å². The Kier molecular flexibility index (Phi) is 12.6. The van der Waals surface area contributed by atoms with Gasteiger partial charge in [-0.1, -0.05) is 61.5 Å². The molecule has 222 valence electrons. The van der Waals surface area contributed by atoms with E-state index < -0.39 is 16.1 Å². The highest BCUT2D eigenvalue weighted by Gasteiger charge is 2.15. The Morgan fingerprint density at radius 2 is 1.56 bits per heavy atom. The van der Waals surface area contributed by atoms with Crippen molar-refractivity contribution >= 4 is 56.3 Å². The molecule has 0 saturated heterocycles. The van der Waals surface area contributed by atoms with E-state index >= 15 is 0 Å². The average Bonchev–Trinajstić information content (AvgIpc) is 2.94. The number of carbonyl (C=O) groups is 1. The maximum atomic E-state index is 12.8. The highest BCUT2D eigenvalue weighted by molar-refractivity contribution is 7.92. The van der Waals surface area contributed by atoms with Gasteiger partial charge in [0.15, 0.2) is 0 Å². The highest BCUT2D eigenvalue weighted by atomic mass is 35.5. The van der Waals surface area contributed by atoms with Crippen molar-refractivity contribution < 1.29 is 18.3 Å². The van der Waals surface area contributed by atoms with Crippen molar-refractivity contribution in [1.82, 2.24) is 10.6 Å². The number of hydrogen-bond acceptors (Lipinski definition) is 6. The van der Waals surface area contributed by atoms with E-state index in [9.17, 15) is 18.3 Å². The van der Waals surface area contributed by atoms with Gasteiger partial charge in [0.1, 0.15) is 0 Å². The zero-order valence-electron chi connectivity index (χ0n) is 22.9. The van der Waals surface area contributed by atoms with Gasteiger partial charge in [-0.3, -0.25) is 4.72 Å². The van der Waals surface area contributed by atoms with Crippen LogP contribution in [-0.4, -0.2) is 39.2 Å². The van der Waals surface area contributed by atoms with Crippen LogP contribution in [0.3, 0.4) is 0 Å². The smallest absolute Gasteiger partial charge is 0.319 e. The average molecular weight is 623 g/mol. The molecule has 2 amide bonds. The molecule has 12 heteroatoms. The fraction of sp³-hybridized carbons (Fsp3) is 0.345. The largest absolute Gasteiger partial charge is 0.396 e. The second-order valence-corrected chi connectivity index (χ2v) is 12.1. The van der Waals surface area contributed by atoms with Crippen LogP contribution in [0.1, 0.15) is 49.8 Å². The van der Waals surface area contributed by atoms with Gasteiger partial charge in [0.2, 0.25) is 0 Å². The molecule has 0 bridgehead atoms. The Labute approximate surface area is 251 Å². The van der Waals surface area contributed by atoms with Gasteiger partial charge in [0.25, 0.3) is 10.0 Å². The number of carbonyl (C=O) groups excluding carboxylic acids is 1. The van der Waals surface area contributed by atoms with Crippen molar-refractivity contribution in [2.45, 2.75) is 50.0 Å². The van der Waals surface area contributed by atoms with Gasteiger partial charge in [0, 0.05) is 24.5 Å². The molecule has 9 nitrogen and oxygen atoms in total. The summed E-state index contributed by atoms with van der Waals surface area (Å²) in [4.78, 5) is 12.1. The summed E-state index contributed by atoms with van der Waals surface area (Å²) < 4.78 is 28.2. The fourth-order valence-electron chi connectivity index (χ4n) is 3.99. The van der Waals surface area contributed by atoms with Gasteiger partial charge in [-0.05, 0) is 79.0 Å². The van der Waals surface area contributed by atoms with E-state index in [0.717, 1.165) is 31.2 Å². The number of hydrogen-bond donors (Lipinski definition) is 6. The fourth-order valence-corrected chi connectivity index (χ4v) is 5.55. The number of halogens is 2. The van der Waals surface area contributed by atoms with E-state index in [2.05, 4.69) is 27.6 Å². The predicted octanol–water partition coefficient (Wildman–Crippen LogP) is 5.94. The lowest BCUT2D eigenvalue weighted by atomic mass is 10.1. The van der Waals surface area contributed by atoms with Crippen LogP contribution in [-0.2, 0) is 16.4 Å². The minimum atomic E-state index is -3.81. The van der Waals surface area contributed by atoms with Crippen LogP contribution >= 0.6 is 23.2 Å². The van der Waals surface area contributed by atoms with Crippen LogP contribution in [0.5, 0.6) is 0 Å². The Balaban J connectivity index is 1.44. The standard InChI is InChI=1S/C29H37Cl2N5O4S/c1-2-3-4-5-15-34-29(38)35-22-10-12-24(13-11-22)41(39,40)36-23-8-6-20(7-9-23)14-16-33-19-27(37)21-17-25(30)28(32)26(31)18-21/h6-13,17-18,27,33,36-37H,2-5,14-16,19,32H2,1H3,(H2,34,35,38)/t27-/m0/s1. The normalized spacial score (nSPS) is 12.1. The first kappa shape index (κ1) is 32.5. The third-order valence-electron chi connectivity index (χ3n) is 6.36. The second kappa shape index (κ2) is 15.8. The first-order chi connectivity index (χ1) is 19.6. The quantitative estimate of drug-likeness (QED) is 0.0914. The van der Waals surface area contributed by atoms with E-state index in [1.807, 2.05) is 12.1 Å². The number of unbranched alkanes of at least 4 members (excludes halogenated alkanes) is 3. The molecule has 0 aromatic heterocycles. The molecular weight excluding hydrogens is 585 g/mol. The number of aliphatic hydroxyl groups excluding tert-OH is 1. The minimum absolute atomic E-state index is 0.0820. The molecule has 0 aliphatic rings. The first-order valence-corrected chi connectivity index (χ1v) is 15.7. The maximum absolute atomic E-state index is 12.8. The monoisotopic (exact) mass is 621 g/mol. The number of anilines is 3. The summed E-state index contributed by atoms with van der Waals surface area (Å²) in [5.41, 5.74) is 8.52. The Hall–Kier alpha value is -3.02. The van der Waals surface area contributed by atoms with Gasteiger partial charge < -0.3 is 26.8 Å². The lowest BCUT2D eigenvalue weighted by Crippen LogP contribution is -2.29. The van der Waals surface area contributed by atoms with E-state index in [-0.39, 0.29) is 16.6 Å². The summed E-state index contributed by atoms with van der Waals surface area (Å²) in [6.07, 6.45) is 4.13. The van der Waals surface area contributed by atoms with E-state index in [4.69, 9.17) is 28.9 Å². The third kappa shape index (κ3) is 10.4. The maximum Gasteiger partial charge on any atom is 0.319 e. The molecule has 0 saturated carbocycles. The molecule has 7 N–H and O–H groups in total. The Morgan fingerprint density at radius 1 is 0.927 bits per heavy atom. The van der Waals surface area contributed by atoms with Crippen LogP contribution in [0.2, 0.25) is 10.0 Å². The number of nitrogens with one attached hydrogen (secondary N) is 4. The van der Waals surface area contributed by atoms with Crippen LogP contribution < -0.4 is 26.4 Å². The number of rotatable bonds is 15. The SMILES string of the molecule is CCCCCCNC(=O)Nc1ccc(S(=O)(=O)Nc2ccc(CCNC[C@H](O)c3cc(Cl)c(N)c(Cl)c3)cc2)cc1. The van der Waals surface area contributed by atoms with Gasteiger partial charge in [-0.2, -0.15) is 0 Å². The number of benzene rings is 3. The molecule has 3 rings (SSSR count). The van der Waals surface area contributed by atoms with Crippen LogP contribution in [0.4, 0.5) is 21.9 Å². The number of aliphatic hydroxyl groups is 1. The molecule has 0 aliphatic carbocycles. The van der Waals surface area contributed by atoms with E-state index in [0.29, 0.717) is 53.0 Å². The zero-order chi connectivity index (χ0) is 29.8. The molecular formula is C29H37Cl2N5O4S. The molecule has 0 aliphatic heterocycles. The van der Waals surface area contributed by atoms with Gasteiger partial charge in [-0.25, -0.2) is 13.2 Å². The second-order valence-electron chi connectivity index (χ2n) is 9.64. The number of urea groups is 1. The molecule has 0 fully saturated rings. The molecule has 0 unspecified atom stereocenters. The van der Waals surface area contributed by atoms with Gasteiger partial charge in [-0.15, -0.1) is 0 Å². The minimum Gasteiger partial charge on any atom is -0.396 e. The Morgan fingerprint density at radius 3 is 2.20 bits per heavy atom. The van der Waals surface area contributed by atoms with E-state index in [1.165, 1.54) is 12.1 Å². The lowest BCUT2D eigenvalue weighted by Gasteiger charge is -2.14. The van der Waals surface area contributed by atoms with Crippen molar-refractivity contribution in [2.24, 2.45) is 0 Å². The van der Waals surface area contributed by atoms with Crippen molar-refractivity contribution in [3.63, 3.8) is 0 Å². The summed E-state index contributed by atoms with van der Waals surface area (Å²) in [5.74, 6) is 0. The topological polar surface area (TPSA) is 146 Å². The molecule has 3 aromatic carbocycles. The van der Waals surface area contributed by atoms with Crippen molar-refractivity contribution in [2.75, 3.05) is 35.4 Å². The Bertz CT molecular complexity index is 1360. The highest BCUT2D eigenvalue weighted by Crippen LogP contribution is 2.31. The van der Waals surface area contributed by atoms with Gasteiger partial charge >= 0.3 is 6.03 Å². The molecule has 0 heterocycles. The van der Waals surface area contributed by atoms with Gasteiger partial charge in [0.05, 0.1) is 26.7 Å². The van der Waals surface area contributed by atoms with Crippen molar-refractivity contribution in [3.05, 3.63) is 81.8 Å². The molecule has 3 aromatic rings. The van der Waals surface area contributed by atoms with Crippen molar-refractivity contribution in [1.29, 1.82) is 0 Å². The number of nitrogens with two attached hydrogens (primary N) is 1. The van der Waals surface area contributed by atoms with Crippen molar-refractivity contribution in [3.8, 4) is 0 Å². The number of nitrogen functional groups attached to an aromatic ring is 1. The molecule has 0 spiro atoms. The predicted molar refractivity (Wildman–Crippen MR) is 167 cm³/mol. The molecule has 41 heavy (non-hydrogen) atoms. The summed E-state index contributed by atoms with van der Waals surface area (Å²) >= 11 is 12.1. The summed E-state index contributed by atoms with van der Waals surface area (Å²) in [5, 5.41) is 19.7.